The molecule has 2 aromatic carbocycles. The van der Waals surface area contributed by atoms with Gasteiger partial charge in [0.1, 0.15) is 18.1 Å². The van der Waals surface area contributed by atoms with E-state index in [9.17, 15) is 5.11 Å². The molecule has 3 nitrogen and oxygen atoms in total. The number of nitrogens with two attached hydrogens (primary N) is 1. The van der Waals surface area contributed by atoms with Crippen LogP contribution in [0.25, 0.3) is 0 Å². The molecule has 0 radical (unpaired) electrons. The van der Waals surface area contributed by atoms with Crippen molar-refractivity contribution in [1.82, 2.24) is 0 Å². The van der Waals surface area contributed by atoms with Gasteiger partial charge in [-0.15, -0.1) is 0 Å². The maximum absolute atomic E-state index is 9.44. The molecule has 2 aromatic rings. The number of rotatable bonds is 5. The molecule has 106 valence electrons. The van der Waals surface area contributed by atoms with E-state index in [2.05, 4.69) is 0 Å². The molecule has 0 saturated heterocycles. The van der Waals surface area contributed by atoms with Crippen molar-refractivity contribution >= 4 is 11.6 Å². The van der Waals surface area contributed by atoms with Gasteiger partial charge in [-0.1, -0.05) is 35.9 Å². The van der Waals surface area contributed by atoms with Crippen molar-refractivity contribution in [3.05, 3.63) is 58.6 Å². The van der Waals surface area contributed by atoms with Gasteiger partial charge in [0, 0.05) is 6.04 Å². The summed E-state index contributed by atoms with van der Waals surface area (Å²) in [7, 11) is 0. The minimum absolute atomic E-state index is 0.0385. The van der Waals surface area contributed by atoms with Crippen LogP contribution in [0, 0.1) is 0 Å². The summed E-state index contributed by atoms with van der Waals surface area (Å²) < 4.78 is 5.81. The summed E-state index contributed by atoms with van der Waals surface area (Å²) in [6.07, 6.45) is 0.704. The molecule has 2 rings (SSSR count). The average Bonchev–Trinajstić information content (AvgIpc) is 2.37. The van der Waals surface area contributed by atoms with Crippen molar-refractivity contribution in [1.29, 1.82) is 0 Å². The van der Waals surface area contributed by atoms with Crippen LogP contribution in [-0.2, 0) is 13.0 Å². The number of ether oxygens (including phenoxy) is 1. The zero-order valence-electron chi connectivity index (χ0n) is 11.3. The van der Waals surface area contributed by atoms with Crippen LogP contribution in [0.15, 0.2) is 42.5 Å². The quantitative estimate of drug-likeness (QED) is 0.886. The Morgan fingerprint density at radius 3 is 2.70 bits per heavy atom. The van der Waals surface area contributed by atoms with Gasteiger partial charge < -0.3 is 15.6 Å². The lowest BCUT2D eigenvalue weighted by atomic mass is 10.1. The van der Waals surface area contributed by atoms with Gasteiger partial charge in [0.05, 0.1) is 5.02 Å². The van der Waals surface area contributed by atoms with Gasteiger partial charge in [-0.2, -0.15) is 0 Å². The van der Waals surface area contributed by atoms with Gasteiger partial charge in [0.25, 0.3) is 0 Å². The van der Waals surface area contributed by atoms with Crippen molar-refractivity contribution < 1.29 is 9.84 Å². The third-order valence-corrected chi connectivity index (χ3v) is 3.18. The number of phenolic OH excluding ortho intramolecular Hbond substituents is 1. The van der Waals surface area contributed by atoms with E-state index in [1.165, 1.54) is 0 Å². The van der Waals surface area contributed by atoms with E-state index >= 15 is 0 Å². The first-order valence-electron chi connectivity index (χ1n) is 6.50. The highest BCUT2D eigenvalue weighted by Crippen LogP contribution is 2.30. The average molecular weight is 292 g/mol. The summed E-state index contributed by atoms with van der Waals surface area (Å²) in [4.78, 5) is 0. The Morgan fingerprint density at radius 1 is 1.25 bits per heavy atom. The summed E-state index contributed by atoms with van der Waals surface area (Å²) in [5, 5.41) is 10.0. The molecule has 0 aliphatic carbocycles. The molecule has 1 unspecified atom stereocenters. The highest BCUT2D eigenvalue weighted by atomic mass is 35.5. The van der Waals surface area contributed by atoms with Gasteiger partial charge in [-0.3, -0.25) is 0 Å². The smallest absolute Gasteiger partial charge is 0.141 e. The summed E-state index contributed by atoms with van der Waals surface area (Å²) in [5.41, 5.74) is 7.72. The molecular weight excluding hydrogens is 274 g/mol. The summed E-state index contributed by atoms with van der Waals surface area (Å²) in [6.45, 7) is 2.30. The van der Waals surface area contributed by atoms with Gasteiger partial charge >= 0.3 is 0 Å². The van der Waals surface area contributed by atoms with Crippen molar-refractivity contribution in [3.63, 3.8) is 0 Å². The standard InChI is InChI=1S/C16H18ClNO2/c1-11(18)8-13-5-3-7-15(17)16(13)20-10-12-4-2-6-14(19)9-12/h2-7,9,11,19H,8,10,18H2,1H3. The third kappa shape index (κ3) is 3.89. The summed E-state index contributed by atoms with van der Waals surface area (Å²) in [5.74, 6) is 0.885. The fourth-order valence-corrected chi connectivity index (χ4v) is 2.27. The highest BCUT2D eigenvalue weighted by molar-refractivity contribution is 6.32. The zero-order chi connectivity index (χ0) is 14.5. The molecular formula is C16H18ClNO2. The van der Waals surface area contributed by atoms with E-state index in [1.54, 1.807) is 24.3 Å². The molecule has 0 spiro atoms. The Balaban J connectivity index is 2.16. The Hall–Kier alpha value is -1.71. The molecule has 4 heteroatoms. The van der Waals surface area contributed by atoms with Gasteiger partial charge in [0.15, 0.2) is 0 Å². The fraction of sp³-hybridized carbons (Fsp3) is 0.250. The maximum Gasteiger partial charge on any atom is 0.141 e. The number of halogens is 1. The molecule has 1 atom stereocenters. The second-order valence-electron chi connectivity index (χ2n) is 4.87. The van der Waals surface area contributed by atoms with E-state index in [-0.39, 0.29) is 11.8 Å². The molecule has 20 heavy (non-hydrogen) atoms. The van der Waals surface area contributed by atoms with Crippen LogP contribution >= 0.6 is 11.6 Å². The van der Waals surface area contributed by atoms with E-state index in [0.29, 0.717) is 23.8 Å². The largest absolute Gasteiger partial charge is 0.508 e. The SMILES string of the molecule is CC(N)Cc1cccc(Cl)c1OCc1cccc(O)c1. The van der Waals surface area contributed by atoms with E-state index in [0.717, 1.165) is 11.1 Å². The zero-order valence-corrected chi connectivity index (χ0v) is 12.1. The second-order valence-corrected chi connectivity index (χ2v) is 5.28. The first-order valence-corrected chi connectivity index (χ1v) is 6.87. The number of para-hydroxylation sites is 1. The van der Waals surface area contributed by atoms with Crippen LogP contribution < -0.4 is 10.5 Å². The number of phenols is 1. The van der Waals surface area contributed by atoms with Crippen LogP contribution in [0.5, 0.6) is 11.5 Å². The summed E-state index contributed by atoms with van der Waals surface area (Å²) in [6, 6.07) is 12.7. The van der Waals surface area contributed by atoms with Crippen molar-refractivity contribution in [3.8, 4) is 11.5 Å². The Labute approximate surface area is 123 Å². The lowest BCUT2D eigenvalue weighted by Gasteiger charge is -2.14. The van der Waals surface area contributed by atoms with Gasteiger partial charge in [-0.25, -0.2) is 0 Å². The first-order chi connectivity index (χ1) is 9.56. The van der Waals surface area contributed by atoms with Crippen LogP contribution in [0.3, 0.4) is 0 Å². The van der Waals surface area contributed by atoms with Gasteiger partial charge in [-0.05, 0) is 42.7 Å². The first kappa shape index (κ1) is 14.7. The van der Waals surface area contributed by atoms with Crippen LogP contribution in [-0.4, -0.2) is 11.1 Å². The minimum atomic E-state index is 0.0385. The molecule has 0 fully saturated rings. The molecule has 0 aliphatic heterocycles. The number of aromatic hydroxyl groups is 1. The van der Waals surface area contributed by atoms with E-state index in [1.807, 2.05) is 25.1 Å². The Kier molecular flexibility index (Phi) is 4.88. The molecule has 0 heterocycles. The van der Waals surface area contributed by atoms with E-state index in [4.69, 9.17) is 22.1 Å². The van der Waals surface area contributed by atoms with Crippen molar-refractivity contribution in [2.75, 3.05) is 0 Å². The maximum atomic E-state index is 9.44. The molecule has 3 N–H and O–H groups in total. The highest BCUT2D eigenvalue weighted by Gasteiger charge is 2.10. The van der Waals surface area contributed by atoms with E-state index < -0.39 is 0 Å². The Morgan fingerprint density at radius 2 is 2.00 bits per heavy atom. The molecule has 0 aliphatic rings. The second kappa shape index (κ2) is 6.64. The predicted molar refractivity (Wildman–Crippen MR) is 81.2 cm³/mol. The van der Waals surface area contributed by atoms with Crippen LogP contribution in [0.4, 0.5) is 0 Å². The third-order valence-electron chi connectivity index (χ3n) is 2.88. The summed E-state index contributed by atoms with van der Waals surface area (Å²) >= 11 is 6.20. The number of hydrogen-bond acceptors (Lipinski definition) is 3. The minimum Gasteiger partial charge on any atom is -0.508 e. The molecule has 0 amide bonds. The molecule has 0 saturated carbocycles. The lowest BCUT2D eigenvalue weighted by molar-refractivity contribution is 0.302. The topological polar surface area (TPSA) is 55.5 Å². The lowest BCUT2D eigenvalue weighted by Crippen LogP contribution is -2.18. The van der Waals surface area contributed by atoms with Crippen molar-refractivity contribution in [2.45, 2.75) is 26.0 Å². The van der Waals surface area contributed by atoms with Crippen LogP contribution in [0.1, 0.15) is 18.1 Å². The normalized spacial score (nSPS) is 12.2. The van der Waals surface area contributed by atoms with Crippen LogP contribution in [0.2, 0.25) is 5.02 Å². The van der Waals surface area contributed by atoms with Gasteiger partial charge in [0.2, 0.25) is 0 Å². The molecule has 0 bridgehead atoms. The predicted octanol–water partition coefficient (Wildman–Crippen LogP) is 3.51. The Bertz CT molecular complexity index is 584. The molecule has 0 aromatic heterocycles. The fourth-order valence-electron chi connectivity index (χ4n) is 2.02. The van der Waals surface area contributed by atoms with Crippen molar-refractivity contribution in [2.24, 2.45) is 5.73 Å². The monoisotopic (exact) mass is 291 g/mol. The number of benzene rings is 2. The number of hydrogen-bond donors (Lipinski definition) is 2.